The van der Waals surface area contributed by atoms with Crippen LogP contribution in [0.4, 0.5) is 5.69 Å². The molecule has 0 aliphatic rings. The number of hydrazine groups is 1. The van der Waals surface area contributed by atoms with Gasteiger partial charge in [-0.15, -0.1) is 4.91 Å². The molecule has 0 heterocycles. The molecule has 0 aliphatic carbocycles. The number of amides is 2. The molecule has 0 spiro atoms. The summed E-state index contributed by atoms with van der Waals surface area (Å²) in [6.45, 7) is 7.18. The summed E-state index contributed by atoms with van der Waals surface area (Å²) in [5.74, 6) is 5.18. The first-order chi connectivity index (χ1) is 11.8. The highest BCUT2D eigenvalue weighted by Gasteiger charge is 2.20. The van der Waals surface area contributed by atoms with Crippen LogP contribution in [0.5, 0.6) is 5.75 Å². The third-order valence-electron chi connectivity index (χ3n) is 4.22. The molecule has 7 nitrogen and oxygen atoms in total. The number of carbonyl (C=O) groups excluding carboxylic acids is 2. The minimum absolute atomic E-state index is 0.290. The van der Waals surface area contributed by atoms with E-state index in [-0.39, 0.29) is 5.91 Å². The van der Waals surface area contributed by atoms with Gasteiger partial charge >= 0.3 is 5.91 Å². The Bertz CT molecular complexity index is 631. The van der Waals surface area contributed by atoms with Gasteiger partial charge in [-0.05, 0) is 48.4 Å². The zero-order valence-electron chi connectivity index (χ0n) is 15.4. The number of anilines is 1. The highest BCUT2D eigenvalue weighted by molar-refractivity contribution is 5.92. The number of nitroso groups, excluding NO2 is 1. The Balaban J connectivity index is 3.39. The lowest BCUT2D eigenvalue weighted by molar-refractivity contribution is -0.119. The van der Waals surface area contributed by atoms with Gasteiger partial charge in [-0.2, -0.15) is 0 Å². The van der Waals surface area contributed by atoms with E-state index in [0.717, 1.165) is 41.8 Å². The minimum atomic E-state index is -0.918. The summed E-state index contributed by atoms with van der Waals surface area (Å²) >= 11 is 0. The van der Waals surface area contributed by atoms with Gasteiger partial charge in [0.1, 0.15) is 11.4 Å². The molecule has 0 aromatic heterocycles. The zero-order valence-corrected chi connectivity index (χ0v) is 15.4. The van der Waals surface area contributed by atoms with Crippen LogP contribution in [0, 0.1) is 4.91 Å². The van der Waals surface area contributed by atoms with Gasteiger partial charge in [0.05, 0.1) is 0 Å². The molecule has 1 aromatic rings. The third kappa shape index (κ3) is 5.63. The summed E-state index contributed by atoms with van der Waals surface area (Å²) in [7, 11) is 0. The molecule has 0 fully saturated rings. The van der Waals surface area contributed by atoms with E-state index in [1.165, 1.54) is 6.92 Å². The van der Waals surface area contributed by atoms with Crippen LogP contribution in [0.15, 0.2) is 17.3 Å². The molecular weight excluding hydrogens is 322 g/mol. The zero-order chi connectivity index (χ0) is 19.0. The van der Waals surface area contributed by atoms with Crippen LogP contribution in [0.3, 0.4) is 0 Å². The maximum absolute atomic E-state index is 11.7. The Hall–Kier alpha value is -2.28. The van der Waals surface area contributed by atoms with Gasteiger partial charge in [0.25, 0.3) is 0 Å². The van der Waals surface area contributed by atoms with Crippen LogP contribution in [-0.2, 0) is 16.0 Å². The van der Waals surface area contributed by atoms with Gasteiger partial charge < -0.3 is 4.74 Å². The first-order valence-corrected chi connectivity index (χ1v) is 8.56. The highest BCUT2D eigenvalue weighted by atomic mass is 16.5. The summed E-state index contributed by atoms with van der Waals surface area (Å²) in [5, 5.41) is 3.31. The van der Waals surface area contributed by atoms with Gasteiger partial charge in [-0.3, -0.25) is 9.59 Å². The van der Waals surface area contributed by atoms with Crippen molar-refractivity contribution in [1.82, 2.24) is 0 Å². The molecule has 25 heavy (non-hydrogen) atoms. The maximum atomic E-state index is 11.7. The predicted octanol–water partition coefficient (Wildman–Crippen LogP) is 3.44. The summed E-state index contributed by atoms with van der Waals surface area (Å²) in [6.07, 6.45) is 3.85. The van der Waals surface area contributed by atoms with Gasteiger partial charge in [0, 0.05) is 12.1 Å². The number of hydrogen-bond donors (Lipinski definition) is 1. The van der Waals surface area contributed by atoms with Crippen LogP contribution < -0.4 is 15.6 Å². The van der Waals surface area contributed by atoms with Crippen molar-refractivity contribution in [3.8, 4) is 5.75 Å². The average molecular weight is 349 g/mol. The number of nitrogens with zero attached hydrogens (tertiary/aromatic N) is 2. The van der Waals surface area contributed by atoms with Crippen molar-refractivity contribution in [1.29, 1.82) is 0 Å². The largest absolute Gasteiger partial charge is 0.481 e. The van der Waals surface area contributed by atoms with Crippen LogP contribution in [0.25, 0.3) is 0 Å². The second-order valence-corrected chi connectivity index (χ2v) is 6.09. The van der Waals surface area contributed by atoms with E-state index in [1.54, 1.807) is 0 Å². The van der Waals surface area contributed by atoms with E-state index in [9.17, 15) is 14.5 Å². The maximum Gasteiger partial charge on any atom is 0.323 e. The topological polar surface area (TPSA) is 102 Å². The molecule has 0 saturated heterocycles. The second kappa shape index (κ2) is 9.88. The number of hydrogen-bond acceptors (Lipinski definition) is 5. The smallest absolute Gasteiger partial charge is 0.323 e. The Labute approximate surface area is 148 Å². The SMILES string of the molecule is CCCCc1cc(OCC(=O)N=O)c(N(N)C(C)=O)cc1C(C)CC. The van der Waals surface area contributed by atoms with Crippen LogP contribution >= 0.6 is 0 Å². The Morgan fingerprint density at radius 2 is 2.00 bits per heavy atom. The molecule has 0 saturated carbocycles. The first-order valence-electron chi connectivity index (χ1n) is 8.56. The molecular formula is C18H27N3O4. The number of rotatable bonds is 9. The van der Waals surface area contributed by atoms with Crippen LogP contribution in [0.2, 0.25) is 0 Å². The minimum Gasteiger partial charge on any atom is -0.481 e. The van der Waals surface area contributed by atoms with Crippen LogP contribution in [-0.4, -0.2) is 18.4 Å². The Morgan fingerprint density at radius 1 is 1.32 bits per heavy atom. The molecule has 2 amide bonds. The van der Waals surface area contributed by atoms with Gasteiger partial charge in [-0.25, -0.2) is 10.9 Å². The fourth-order valence-electron chi connectivity index (χ4n) is 2.53. The first kappa shape index (κ1) is 20.8. The summed E-state index contributed by atoms with van der Waals surface area (Å²) in [5.41, 5.74) is 2.58. The quantitative estimate of drug-likeness (QED) is 0.318. The van der Waals surface area contributed by atoms with E-state index in [0.29, 0.717) is 17.4 Å². The molecule has 2 N–H and O–H groups in total. The number of unbranched alkanes of at least 4 members (excludes halogenated alkanes) is 1. The fourth-order valence-corrected chi connectivity index (χ4v) is 2.53. The highest BCUT2D eigenvalue weighted by Crippen LogP contribution is 2.36. The Kier molecular flexibility index (Phi) is 8.21. The lowest BCUT2D eigenvalue weighted by Gasteiger charge is -2.23. The second-order valence-electron chi connectivity index (χ2n) is 6.09. The van der Waals surface area contributed by atoms with Gasteiger partial charge in [0.15, 0.2) is 6.61 Å². The standard InChI is InChI=1S/C18H27N3O4/c1-5-7-8-14-9-17(25-11-18(23)20-24)16(21(19)13(4)22)10-15(14)12(3)6-2/h9-10,12H,5-8,11,19H2,1-4H3. The molecule has 0 radical (unpaired) electrons. The lowest BCUT2D eigenvalue weighted by atomic mass is 9.90. The van der Waals surface area contributed by atoms with Crippen LogP contribution in [0.1, 0.15) is 64.0 Å². The summed E-state index contributed by atoms with van der Waals surface area (Å²) < 4.78 is 5.43. The summed E-state index contributed by atoms with van der Waals surface area (Å²) in [6, 6.07) is 3.65. The molecule has 1 atom stereocenters. The monoisotopic (exact) mass is 349 g/mol. The fraction of sp³-hybridized carbons (Fsp3) is 0.556. The Morgan fingerprint density at radius 3 is 2.52 bits per heavy atom. The van der Waals surface area contributed by atoms with Crippen molar-refractivity contribution in [2.75, 3.05) is 11.6 Å². The van der Waals surface area contributed by atoms with E-state index in [4.69, 9.17) is 10.6 Å². The molecule has 138 valence electrons. The van der Waals surface area contributed by atoms with Gasteiger partial charge in [-0.1, -0.05) is 27.2 Å². The van der Waals surface area contributed by atoms with Crippen molar-refractivity contribution in [2.24, 2.45) is 11.0 Å². The lowest BCUT2D eigenvalue weighted by Crippen LogP contribution is -2.36. The number of nitrogens with two attached hydrogens (primary N) is 1. The molecule has 7 heteroatoms. The molecule has 0 aliphatic heterocycles. The predicted molar refractivity (Wildman–Crippen MR) is 97.4 cm³/mol. The number of carbonyl (C=O) groups is 2. The van der Waals surface area contributed by atoms with E-state index in [1.807, 2.05) is 12.1 Å². The van der Waals surface area contributed by atoms with Crippen molar-refractivity contribution in [2.45, 2.75) is 59.3 Å². The number of benzene rings is 1. The van der Waals surface area contributed by atoms with Crippen molar-refractivity contribution < 1.29 is 14.3 Å². The van der Waals surface area contributed by atoms with Crippen molar-refractivity contribution in [3.05, 3.63) is 28.2 Å². The third-order valence-corrected chi connectivity index (χ3v) is 4.22. The molecule has 1 unspecified atom stereocenters. The normalized spacial score (nSPS) is 11.7. The number of aryl methyl sites for hydroxylation is 1. The summed E-state index contributed by atoms with van der Waals surface area (Å²) in [4.78, 5) is 33.1. The molecule has 1 aromatic carbocycles. The van der Waals surface area contributed by atoms with E-state index in [2.05, 4.69) is 25.9 Å². The van der Waals surface area contributed by atoms with Crippen molar-refractivity contribution >= 4 is 17.5 Å². The van der Waals surface area contributed by atoms with E-state index < -0.39 is 12.5 Å². The number of ether oxygens (including phenoxy) is 1. The van der Waals surface area contributed by atoms with E-state index >= 15 is 0 Å². The van der Waals surface area contributed by atoms with Gasteiger partial charge in [0.2, 0.25) is 5.91 Å². The van der Waals surface area contributed by atoms with Crippen molar-refractivity contribution in [3.63, 3.8) is 0 Å². The average Bonchev–Trinajstić information content (AvgIpc) is 2.62. The molecule has 0 bridgehead atoms. The molecule has 1 rings (SSSR count).